The third-order valence-electron chi connectivity index (χ3n) is 2.63. The molecule has 1 aromatic heterocycles. The molecule has 0 spiro atoms. The third-order valence-corrected chi connectivity index (χ3v) is 2.63. The molecule has 5 heteroatoms. The van der Waals surface area contributed by atoms with E-state index >= 15 is 0 Å². The van der Waals surface area contributed by atoms with Crippen molar-refractivity contribution in [2.45, 2.75) is 32.9 Å². The van der Waals surface area contributed by atoms with Gasteiger partial charge in [0, 0.05) is 11.1 Å². The Bertz CT molecular complexity index is 558. The van der Waals surface area contributed by atoms with Gasteiger partial charge in [-0.15, -0.1) is 10.2 Å². The highest BCUT2D eigenvalue weighted by Gasteiger charge is 2.23. The minimum absolute atomic E-state index is 0.195. The Morgan fingerprint density at radius 3 is 2.56 bits per heavy atom. The minimum atomic E-state index is -0.318. The van der Waals surface area contributed by atoms with E-state index in [1.54, 1.807) is 12.1 Å². The summed E-state index contributed by atoms with van der Waals surface area (Å²) >= 11 is 0. The van der Waals surface area contributed by atoms with Crippen LogP contribution >= 0.6 is 0 Å². The van der Waals surface area contributed by atoms with E-state index in [9.17, 15) is 9.50 Å². The van der Waals surface area contributed by atoms with Crippen LogP contribution in [-0.4, -0.2) is 19.9 Å². The SMILES string of the molecule is CC(C)(C)n1c(CO)nnc1-c1cccc(F)c1. The van der Waals surface area contributed by atoms with Gasteiger partial charge in [0.15, 0.2) is 11.6 Å². The molecule has 1 aromatic carbocycles. The van der Waals surface area contributed by atoms with Crippen LogP contribution in [0.3, 0.4) is 0 Å². The molecule has 2 aromatic rings. The molecule has 1 N–H and O–H groups in total. The molecule has 18 heavy (non-hydrogen) atoms. The summed E-state index contributed by atoms with van der Waals surface area (Å²) in [6.07, 6.45) is 0. The van der Waals surface area contributed by atoms with Gasteiger partial charge >= 0.3 is 0 Å². The van der Waals surface area contributed by atoms with Crippen LogP contribution < -0.4 is 0 Å². The quantitative estimate of drug-likeness (QED) is 0.888. The number of nitrogens with zero attached hydrogens (tertiary/aromatic N) is 3. The van der Waals surface area contributed by atoms with Crippen LogP contribution in [0.1, 0.15) is 26.6 Å². The van der Waals surface area contributed by atoms with Gasteiger partial charge in [-0.25, -0.2) is 4.39 Å². The number of aliphatic hydroxyl groups excluding tert-OH is 1. The lowest BCUT2D eigenvalue weighted by atomic mass is 10.1. The Kier molecular flexibility index (Phi) is 3.17. The molecule has 4 nitrogen and oxygen atoms in total. The second kappa shape index (κ2) is 4.49. The number of hydrogen-bond acceptors (Lipinski definition) is 3. The predicted octanol–water partition coefficient (Wildman–Crippen LogP) is 2.33. The van der Waals surface area contributed by atoms with E-state index < -0.39 is 0 Å². The smallest absolute Gasteiger partial charge is 0.164 e. The van der Waals surface area contributed by atoms with Gasteiger partial charge in [-0.05, 0) is 32.9 Å². The largest absolute Gasteiger partial charge is 0.388 e. The van der Waals surface area contributed by atoms with Crippen molar-refractivity contribution < 1.29 is 9.50 Å². The van der Waals surface area contributed by atoms with E-state index in [0.29, 0.717) is 17.2 Å². The monoisotopic (exact) mass is 249 g/mol. The lowest BCUT2D eigenvalue weighted by molar-refractivity contribution is 0.250. The molecule has 1 heterocycles. The van der Waals surface area contributed by atoms with Crippen LogP contribution in [0.15, 0.2) is 24.3 Å². The van der Waals surface area contributed by atoms with Crippen molar-refractivity contribution in [2.24, 2.45) is 0 Å². The molecule has 0 aliphatic heterocycles. The van der Waals surface area contributed by atoms with E-state index in [1.165, 1.54) is 12.1 Å². The van der Waals surface area contributed by atoms with E-state index in [0.717, 1.165) is 0 Å². The molecule has 0 aliphatic rings. The molecular weight excluding hydrogens is 233 g/mol. The minimum Gasteiger partial charge on any atom is -0.388 e. The molecular formula is C13H16FN3O. The Hall–Kier alpha value is -1.75. The first-order chi connectivity index (χ1) is 8.43. The van der Waals surface area contributed by atoms with Gasteiger partial charge in [-0.2, -0.15) is 0 Å². The highest BCUT2D eigenvalue weighted by molar-refractivity contribution is 5.55. The van der Waals surface area contributed by atoms with Gasteiger partial charge in [0.1, 0.15) is 12.4 Å². The summed E-state index contributed by atoms with van der Waals surface area (Å²) in [6, 6.07) is 6.20. The first-order valence-electron chi connectivity index (χ1n) is 5.75. The molecule has 0 saturated heterocycles. The molecule has 0 fully saturated rings. The molecule has 0 atom stereocenters. The van der Waals surface area contributed by atoms with Gasteiger partial charge in [0.05, 0.1) is 0 Å². The maximum absolute atomic E-state index is 13.3. The van der Waals surface area contributed by atoms with E-state index in [-0.39, 0.29) is 18.0 Å². The maximum Gasteiger partial charge on any atom is 0.164 e. The summed E-state index contributed by atoms with van der Waals surface area (Å²) in [5.74, 6) is 0.717. The van der Waals surface area contributed by atoms with Crippen molar-refractivity contribution in [2.75, 3.05) is 0 Å². The summed E-state index contributed by atoms with van der Waals surface area (Å²) in [6.45, 7) is 5.76. The van der Waals surface area contributed by atoms with Gasteiger partial charge in [-0.1, -0.05) is 12.1 Å². The van der Waals surface area contributed by atoms with Gasteiger partial charge in [0.25, 0.3) is 0 Å². The molecule has 0 bridgehead atoms. The standard InChI is InChI=1S/C13H16FN3O/c1-13(2,3)17-11(8-18)15-16-12(17)9-5-4-6-10(14)7-9/h4-7,18H,8H2,1-3H3. The number of rotatable bonds is 2. The Balaban J connectivity index is 2.62. The highest BCUT2D eigenvalue weighted by atomic mass is 19.1. The Morgan fingerprint density at radius 1 is 1.28 bits per heavy atom. The summed E-state index contributed by atoms with van der Waals surface area (Å²) < 4.78 is 15.1. The molecule has 0 radical (unpaired) electrons. The predicted molar refractivity (Wildman–Crippen MR) is 66.3 cm³/mol. The van der Waals surface area contributed by atoms with Crippen molar-refractivity contribution in [1.82, 2.24) is 14.8 Å². The average molecular weight is 249 g/mol. The first-order valence-corrected chi connectivity index (χ1v) is 5.75. The number of hydrogen-bond donors (Lipinski definition) is 1. The van der Waals surface area contributed by atoms with Crippen LogP contribution in [0.5, 0.6) is 0 Å². The molecule has 0 aliphatic carbocycles. The third kappa shape index (κ3) is 2.26. The maximum atomic E-state index is 13.3. The van der Waals surface area contributed by atoms with Crippen LogP contribution in [0.4, 0.5) is 4.39 Å². The van der Waals surface area contributed by atoms with Crippen LogP contribution in [-0.2, 0) is 12.1 Å². The summed E-state index contributed by atoms with van der Waals surface area (Å²) in [7, 11) is 0. The zero-order valence-corrected chi connectivity index (χ0v) is 10.7. The second-order valence-corrected chi connectivity index (χ2v) is 5.11. The van der Waals surface area contributed by atoms with Crippen molar-refractivity contribution in [3.05, 3.63) is 35.9 Å². The molecule has 0 saturated carbocycles. The van der Waals surface area contributed by atoms with E-state index in [1.807, 2.05) is 25.3 Å². The first kappa shape index (κ1) is 12.7. The van der Waals surface area contributed by atoms with Crippen molar-refractivity contribution in [1.29, 1.82) is 0 Å². The fourth-order valence-electron chi connectivity index (χ4n) is 1.94. The zero-order valence-electron chi connectivity index (χ0n) is 10.7. The lowest BCUT2D eigenvalue weighted by Crippen LogP contribution is -2.25. The Morgan fingerprint density at radius 2 is 2.00 bits per heavy atom. The summed E-state index contributed by atoms with van der Waals surface area (Å²) in [4.78, 5) is 0. The lowest BCUT2D eigenvalue weighted by Gasteiger charge is -2.24. The second-order valence-electron chi connectivity index (χ2n) is 5.11. The number of aromatic nitrogens is 3. The van der Waals surface area contributed by atoms with Crippen LogP contribution in [0.2, 0.25) is 0 Å². The molecule has 2 rings (SSSR count). The molecule has 96 valence electrons. The topological polar surface area (TPSA) is 50.9 Å². The number of halogens is 1. The summed E-state index contributed by atoms with van der Waals surface area (Å²) in [5.41, 5.74) is 0.362. The van der Waals surface area contributed by atoms with Gasteiger partial charge < -0.3 is 9.67 Å². The fourth-order valence-corrected chi connectivity index (χ4v) is 1.94. The number of aliphatic hydroxyl groups is 1. The van der Waals surface area contributed by atoms with Crippen LogP contribution in [0.25, 0.3) is 11.4 Å². The normalized spacial score (nSPS) is 11.8. The number of benzene rings is 1. The van der Waals surface area contributed by atoms with Crippen molar-refractivity contribution in [3.63, 3.8) is 0 Å². The molecule has 0 unspecified atom stereocenters. The fraction of sp³-hybridized carbons (Fsp3) is 0.385. The Labute approximate surface area is 105 Å². The van der Waals surface area contributed by atoms with Crippen molar-refractivity contribution in [3.8, 4) is 11.4 Å². The van der Waals surface area contributed by atoms with E-state index in [4.69, 9.17) is 0 Å². The molecule has 0 amide bonds. The van der Waals surface area contributed by atoms with E-state index in [2.05, 4.69) is 10.2 Å². The van der Waals surface area contributed by atoms with Crippen molar-refractivity contribution >= 4 is 0 Å². The average Bonchev–Trinajstić information content (AvgIpc) is 2.72. The summed E-state index contributed by atoms with van der Waals surface area (Å²) in [5, 5.41) is 17.3. The highest BCUT2D eigenvalue weighted by Crippen LogP contribution is 2.26. The van der Waals surface area contributed by atoms with Crippen LogP contribution in [0, 0.1) is 5.82 Å². The van der Waals surface area contributed by atoms with Gasteiger partial charge in [-0.3, -0.25) is 0 Å². The van der Waals surface area contributed by atoms with Gasteiger partial charge in [0.2, 0.25) is 0 Å². The zero-order chi connectivity index (χ0) is 13.3.